The van der Waals surface area contributed by atoms with Crippen molar-refractivity contribution in [1.82, 2.24) is 14.9 Å². The van der Waals surface area contributed by atoms with Gasteiger partial charge in [0, 0.05) is 61.1 Å². The normalized spacial score (nSPS) is 19.8. The molecule has 0 radical (unpaired) electrons. The number of carbonyl (C=O) groups is 1. The Bertz CT molecular complexity index is 913. The lowest BCUT2D eigenvalue weighted by Gasteiger charge is -2.16. The zero-order valence-electron chi connectivity index (χ0n) is 14.7. The van der Waals surface area contributed by atoms with E-state index in [2.05, 4.69) is 9.97 Å². The molecule has 1 aromatic carbocycles. The second-order valence-electron chi connectivity index (χ2n) is 6.70. The summed E-state index contributed by atoms with van der Waals surface area (Å²) in [6.45, 7) is 1.96. The first-order valence-corrected chi connectivity index (χ1v) is 8.80. The second-order valence-corrected chi connectivity index (χ2v) is 6.70. The van der Waals surface area contributed by atoms with Crippen LogP contribution in [0.4, 0.5) is 0 Å². The second kappa shape index (κ2) is 7.22. The fourth-order valence-electron chi connectivity index (χ4n) is 3.74. The van der Waals surface area contributed by atoms with E-state index in [1.54, 1.807) is 19.5 Å². The van der Waals surface area contributed by atoms with Gasteiger partial charge in [0.1, 0.15) is 0 Å². The Morgan fingerprint density at radius 3 is 2.81 bits per heavy atom. The highest BCUT2D eigenvalue weighted by molar-refractivity contribution is 5.98. The number of aromatic nitrogens is 2. The molecule has 5 heteroatoms. The number of carbonyl (C=O) groups excluding carboxylic acids is 1. The monoisotopic (exact) mass is 347 g/mol. The average Bonchev–Trinajstić information content (AvgIpc) is 3.12. The molecule has 1 amide bonds. The highest BCUT2D eigenvalue weighted by atomic mass is 16.5. The van der Waals surface area contributed by atoms with Gasteiger partial charge >= 0.3 is 0 Å². The van der Waals surface area contributed by atoms with Gasteiger partial charge in [-0.3, -0.25) is 14.8 Å². The van der Waals surface area contributed by atoms with Gasteiger partial charge in [0.25, 0.3) is 5.91 Å². The maximum atomic E-state index is 13.1. The fourth-order valence-corrected chi connectivity index (χ4v) is 3.74. The van der Waals surface area contributed by atoms with Crippen molar-refractivity contribution in [3.63, 3.8) is 0 Å². The molecule has 3 aromatic rings. The van der Waals surface area contributed by atoms with Gasteiger partial charge in [0.05, 0.1) is 12.1 Å². The van der Waals surface area contributed by atoms with Crippen LogP contribution in [0.15, 0.2) is 60.9 Å². The predicted molar refractivity (Wildman–Crippen MR) is 100.0 cm³/mol. The van der Waals surface area contributed by atoms with Gasteiger partial charge in [0.15, 0.2) is 0 Å². The van der Waals surface area contributed by atoms with Crippen molar-refractivity contribution in [1.29, 1.82) is 0 Å². The Morgan fingerprint density at radius 1 is 1.12 bits per heavy atom. The molecule has 2 atom stereocenters. The van der Waals surface area contributed by atoms with Crippen LogP contribution in [-0.2, 0) is 4.74 Å². The van der Waals surface area contributed by atoms with Crippen LogP contribution in [0.3, 0.4) is 0 Å². The summed E-state index contributed by atoms with van der Waals surface area (Å²) in [7, 11) is 1.70. The summed E-state index contributed by atoms with van der Waals surface area (Å²) in [5.41, 5.74) is 2.62. The molecular weight excluding hydrogens is 326 g/mol. The SMILES string of the molecule is COC[C@@H]1CN(C(=O)c2ccc3ncccc3c2)C[C@H]1c1ccccn1. The topological polar surface area (TPSA) is 55.3 Å². The van der Waals surface area contributed by atoms with E-state index in [1.165, 1.54) is 0 Å². The van der Waals surface area contributed by atoms with Crippen molar-refractivity contribution in [3.05, 3.63) is 72.2 Å². The molecule has 0 aliphatic carbocycles. The van der Waals surface area contributed by atoms with Crippen LogP contribution in [0.5, 0.6) is 0 Å². The molecule has 1 aliphatic rings. The molecule has 1 fully saturated rings. The molecule has 2 aromatic heterocycles. The summed E-state index contributed by atoms with van der Waals surface area (Å²) < 4.78 is 5.39. The average molecular weight is 347 g/mol. The zero-order valence-corrected chi connectivity index (χ0v) is 14.7. The molecule has 0 saturated carbocycles. The Kier molecular flexibility index (Phi) is 4.63. The van der Waals surface area contributed by atoms with Gasteiger partial charge in [0.2, 0.25) is 0 Å². The van der Waals surface area contributed by atoms with E-state index in [0.717, 1.165) is 16.6 Å². The van der Waals surface area contributed by atoms with Gasteiger partial charge in [-0.1, -0.05) is 12.1 Å². The number of likely N-dealkylation sites (tertiary alicyclic amines) is 1. The van der Waals surface area contributed by atoms with E-state index in [9.17, 15) is 4.79 Å². The molecule has 0 bridgehead atoms. The first kappa shape index (κ1) is 16.7. The maximum absolute atomic E-state index is 13.1. The van der Waals surface area contributed by atoms with Crippen LogP contribution < -0.4 is 0 Å². The lowest BCUT2D eigenvalue weighted by molar-refractivity contribution is 0.0775. The molecule has 0 unspecified atom stereocenters. The molecule has 4 rings (SSSR count). The number of nitrogens with zero attached hydrogens (tertiary/aromatic N) is 3. The number of hydrogen-bond acceptors (Lipinski definition) is 4. The molecule has 0 N–H and O–H groups in total. The molecule has 1 saturated heterocycles. The van der Waals surface area contributed by atoms with Gasteiger partial charge in [-0.05, 0) is 36.4 Å². The Hall–Kier alpha value is -2.79. The quantitative estimate of drug-likeness (QED) is 0.728. The number of methoxy groups -OCH3 is 1. The summed E-state index contributed by atoms with van der Waals surface area (Å²) in [5, 5.41) is 0.979. The summed E-state index contributed by atoms with van der Waals surface area (Å²) in [6.07, 6.45) is 3.57. The molecule has 132 valence electrons. The Labute approximate surface area is 152 Å². The first-order chi connectivity index (χ1) is 12.8. The van der Waals surface area contributed by atoms with E-state index in [1.807, 2.05) is 53.4 Å². The zero-order chi connectivity index (χ0) is 17.9. The molecule has 1 aliphatic heterocycles. The molecule has 26 heavy (non-hydrogen) atoms. The van der Waals surface area contributed by atoms with Crippen LogP contribution in [0.1, 0.15) is 22.0 Å². The van der Waals surface area contributed by atoms with Gasteiger partial charge in [-0.2, -0.15) is 0 Å². The Morgan fingerprint density at radius 2 is 2.00 bits per heavy atom. The molecule has 0 spiro atoms. The number of amides is 1. The molecular formula is C21H21N3O2. The summed E-state index contributed by atoms with van der Waals surface area (Å²) in [6, 6.07) is 15.5. The number of fused-ring (bicyclic) bond motifs is 1. The molecule has 5 nitrogen and oxygen atoms in total. The van der Waals surface area contributed by atoms with E-state index in [0.29, 0.717) is 25.3 Å². The van der Waals surface area contributed by atoms with E-state index in [4.69, 9.17) is 4.74 Å². The van der Waals surface area contributed by atoms with Crippen LogP contribution in [-0.4, -0.2) is 47.6 Å². The predicted octanol–water partition coefficient (Wildman–Crippen LogP) is 3.13. The summed E-state index contributed by atoms with van der Waals surface area (Å²) in [4.78, 5) is 23.8. The third-order valence-electron chi connectivity index (χ3n) is 5.03. The Balaban J connectivity index is 1.59. The van der Waals surface area contributed by atoms with Crippen molar-refractivity contribution in [2.75, 3.05) is 26.8 Å². The number of pyridine rings is 2. The number of hydrogen-bond donors (Lipinski definition) is 0. The van der Waals surface area contributed by atoms with E-state index < -0.39 is 0 Å². The summed E-state index contributed by atoms with van der Waals surface area (Å²) >= 11 is 0. The minimum Gasteiger partial charge on any atom is -0.384 e. The number of ether oxygens (including phenoxy) is 1. The van der Waals surface area contributed by atoms with Crippen molar-refractivity contribution in [3.8, 4) is 0 Å². The third-order valence-corrected chi connectivity index (χ3v) is 5.03. The van der Waals surface area contributed by atoms with Crippen molar-refractivity contribution in [2.45, 2.75) is 5.92 Å². The standard InChI is InChI=1S/C21H21N3O2/c1-26-14-17-12-24(13-18(17)20-6-2-3-9-23-20)21(25)16-7-8-19-15(11-16)5-4-10-22-19/h2-11,17-18H,12-14H2,1H3/t17-,18+/m0/s1. The third kappa shape index (κ3) is 3.18. The van der Waals surface area contributed by atoms with E-state index >= 15 is 0 Å². The van der Waals surface area contributed by atoms with Gasteiger partial charge in [-0.25, -0.2) is 0 Å². The van der Waals surface area contributed by atoms with Crippen LogP contribution in [0, 0.1) is 5.92 Å². The highest BCUT2D eigenvalue weighted by Gasteiger charge is 2.37. The smallest absolute Gasteiger partial charge is 0.253 e. The lowest BCUT2D eigenvalue weighted by Crippen LogP contribution is -2.29. The van der Waals surface area contributed by atoms with Crippen LogP contribution in [0.25, 0.3) is 10.9 Å². The lowest BCUT2D eigenvalue weighted by atomic mass is 9.93. The first-order valence-electron chi connectivity index (χ1n) is 8.80. The minimum atomic E-state index is 0.0512. The number of benzene rings is 1. The van der Waals surface area contributed by atoms with Gasteiger partial charge < -0.3 is 9.64 Å². The van der Waals surface area contributed by atoms with E-state index in [-0.39, 0.29) is 17.7 Å². The fraction of sp³-hybridized carbons (Fsp3) is 0.286. The van der Waals surface area contributed by atoms with Crippen molar-refractivity contribution < 1.29 is 9.53 Å². The summed E-state index contributed by atoms with van der Waals surface area (Å²) in [5.74, 6) is 0.499. The highest BCUT2D eigenvalue weighted by Crippen LogP contribution is 2.32. The minimum absolute atomic E-state index is 0.0512. The van der Waals surface area contributed by atoms with Crippen LogP contribution >= 0.6 is 0 Å². The van der Waals surface area contributed by atoms with Crippen molar-refractivity contribution in [2.24, 2.45) is 5.92 Å². The van der Waals surface area contributed by atoms with Crippen LogP contribution in [0.2, 0.25) is 0 Å². The van der Waals surface area contributed by atoms with Gasteiger partial charge in [-0.15, -0.1) is 0 Å². The largest absolute Gasteiger partial charge is 0.384 e. The maximum Gasteiger partial charge on any atom is 0.253 e. The number of rotatable bonds is 4. The van der Waals surface area contributed by atoms with Crippen molar-refractivity contribution >= 4 is 16.8 Å². The molecule has 3 heterocycles.